The smallest absolute Gasteiger partial charge is 0.262 e. The minimum Gasteiger partial charge on any atom is -0.284 e. The molecule has 96 valence electrons. The summed E-state index contributed by atoms with van der Waals surface area (Å²) in [5.41, 5.74) is 0.720. The number of hydrogen-bond donors (Lipinski definition) is 0. The van der Waals surface area contributed by atoms with Gasteiger partial charge in [-0.1, -0.05) is 23.9 Å². The quantitative estimate of drug-likeness (QED) is 0.636. The van der Waals surface area contributed by atoms with Crippen LogP contribution in [0.3, 0.4) is 0 Å². The zero-order valence-corrected chi connectivity index (χ0v) is 11.4. The standard InChI is InChI=1S/C14H13N3OS/c1-9(8-15)19-14-16-12-5-3-2-4-11(12)13(18)17(14)10-6-7-10/h2-5,9-10H,6-7H2,1H3/t9-/m1/s1. The van der Waals surface area contributed by atoms with Crippen molar-refractivity contribution in [1.82, 2.24) is 9.55 Å². The van der Waals surface area contributed by atoms with Gasteiger partial charge in [0, 0.05) is 6.04 Å². The normalized spacial score (nSPS) is 16.2. The van der Waals surface area contributed by atoms with E-state index >= 15 is 0 Å². The van der Waals surface area contributed by atoms with Crippen LogP contribution in [0.1, 0.15) is 25.8 Å². The maximum atomic E-state index is 12.5. The molecular formula is C14H13N3OS. The average molecular weight is 271 g/mol. The number of nitrogens with zero attached hydrogens (tertiary/aromatic N) is 3. The van der Waals surface area contributed by atoms with Crippen molar-refractivity contribution in [3.8, 4) is 6.07 Å². The lowest BCUT2D eigenvalue weighted by Gasteiger charge is -2.12. The minimum atomic E-state index is -0.210. The van der Waals surface area contributed by atoms with E-state index in [0.717, 1.165) is 12.8 Å². The summed E-state index contributed by atoms with van der Waals surface area (Å²) in [6.45, 7) is 1.82. The Labute approximate surface area is 115 Å². The number of benzene rings is 1. The van der Waals surface area contributed by atoms with Crippen LogP contribution in [-0.2, 0) is 0 Å². The van der Waals surface area contributed by atoms with E-state index in [1.165, 1.54) is 11.8 Å². The number of thioether (sulfide) groups is 1. The van der Waals surface area contributed by atoms with Gasteiger partial charge in [-0.3, -0.25) is 9.36 Å². The Hall–Kier alpha value is -1.80. The van der Waals surface area contributed by atoms with E-state index in [-0.39, 0.29) is 16.9 Å². The van der Waals surface area contributed by atoms with Gasteiger partial charge in [0.05, 0.1) is 22.2 Å². The van der Waals surface area contributed by atoms with Gasteiger partial charge in [-0.05, 0) is 31.9 Å². The monoisotopic (exact) mass is 271 g/mol. The van der Waals surface area contributed by atoms with E-state index in [1.54, 1.807) is 4.57 Å². The molecule has 1 atom stereocenters. The molecule has 0 radical (unpaired) electrons. The molecule has 0 aliphatic heterocycles. The van der Waals surface area contributed by atoms with E-state index in [1.807, 2.05) is 31.2 Å². The Balaban J connectivity index is 2.21. The fraction of sp³-hybridized carbons (Fsp3) is 0.357. The van der Waals surface area contributed by atoms with Crippen LogP contribution in [0.5, 0.6) is 0 Å². The molecule has 4 nitrogen and oxygen atoms in total. The summed E-state index contributed by atoms with van der Waals surface area (Å²) in [5.74, 6) is 0. The van der Waals surface area contributed by atoms with Crippen molar-refractivity contribution in [3.63, 3.8) is 0 Å². The van der Waals surface area contributed by atoms with E-state index < -0.39 is 0 Å². The predicted molar refractivity (Wildman–Crippen MR) is 75.2 cm³/mol. The van der Waals surface area contributed by atoms with Crippen LogP contribution in [0.2, 0.25) is 0 Å². The number of aromatic nitrogens is 2. The van der Waals surface area contributed by atoms with Crippen LogP contribution in [0.4, 0.5) is 0 Å². The Morgan fingerprint density at radius 3 is 2.89 bits per heavy atom. The summed E-state index contributed by atoms with van der Waals surface area (Å²) in [7, 11) is 0. The maximum Gasteiger partial charge on any atom is 0.262 e. The lowest BCUT2D eigenvalue weighted by molar-refractivity contribution is 0.617. The summed E-state index contributed by atoms with van der Waals surface area (Å²) in [6, 6.07) is 9.82. The van der Waals surface area contributed by atoms with Crippen molar-refractivity contribution >= 4 is 22.7 Å². The summed E-state index contributed by atoms with van der Waals surface area (Å²) >= 11 is 1.36. The average Bonchev–Trinajstić information content (AvgIpc) is 3.23. The molecule has 1 aromatic heterocycles. The molecule has 1 aliphatic carbocycles. The van der Waals surface area contributed by atoms with Gasteiger partial charge in [0.1, 0.15) is 0 Å². The fourth-order valence-corrected chi connectivity index (χ4v) is 2.91. The molecule has 0 unspecified atom stereocenters. The first-order valence-corrected chi connectivity index (χ1v) is 7.16. The highest BCUT2D eigenvalue weighted by atomic mass is 32.2. The van der Waals surface area contributed by atoms with Crippen molar-refractivity contribution in [3.05, 3.63) is 34.6 Å². The van der Waals surface area contributed by atoms with Gasteiger partial charge in [-0.15, -0.1) is 0 Å². The molecule has 1 heterocycles. The van der Waals surface area contributed by atoms with Gasteiger partial charge >= 0.3 is 0 Å². The minimum absolute atomic E-state index is 0.0146. The van der Waals surface area contributed by atoms with Gasteiger partial charge in [0.15, 0.2) is 5.16 Å². The lowest BCUT2D eigenvalue weighted by atomic mass is 10.2. The van der Waals surface area contributed by atoms with E-state index in [2.05, 4.69) is 11.1 Å². The number of fused-ring (bicyclic) bond motifs is 1. The van der Waals surface area contributed by atoms with Gasteiger partial charge in [0.2, 0.25) is 0 Å². The maximum absolute atomic E-state index is 12.5. The topological polar surface area (TPSA) is 58.7 Å². The first-order valence-electron chi connectivity index (χ1n) is 6.28. The third-order valence-corrected chi connectivity index (χ3v) is 4.11. The Kier molecular flexibility index (Phi) is 3.03. The van der Waals surface area contributed by atoms with E-state index in [0.29, 0.717) is 16.1 Å². The molecule has 3 rings (SSSR count). The molecule has 0 saturated heterocycles. The zero-order chi connectivity index (χ0) is 13.4. The second kappa shape index (κ2) is 4.71. The Morgan fingerprint density at radius 2 is 2.21 bits per heavy atom. The van der Waals surface area contributed by atoms with Crippen LogP contribution in [-0.4, -0.2) is 14.8 Å². The Morgan fingerprint density at radius 1 is 1.47 bits per heavy atom. The third kappa shape index (κ3) is 2.24. The van der Waals surface area contributed by atoms with Gasteiger partial charge in [-0.2, -0.15) is 5.26 Å². The molecule has 1 fully saturated rings. The summed E-state index contributed by atoms with van der Waals surface area (Å²) in [5, 5.41) is 10.1. The van der Waals surface area contributed by atoms with Crippen LogP contribution < -0.4 is 5.56 Å². The highest BCUT2D eigenvalue weighted by molar-refractivity contribution is 8.00. The molecule has 0 amide bonds. The largest absolute Gasteiger partial charge is 0.284 e. The highest BCUT2D eigenvalue weighted by Crippen LogP contribution is 2.37. The molecule has 2 aromatic rings. The van der Waals surface area contributed by atoms with Gasteiger partial charge < -0.3 is 0 Å². The number of nitriles is 1. The van der Waals surface area contributed by atoms with Crippen LogP contribution in [0.15, 0.2) is 34.2 Å². The van der Waals surface area contributed by atoms with Crippen molar-refractivity contribution < 1.29 is 0 Å². The second-order valence-corrected chi connectivity index (χ2v) is 6.01. The van der Waals surface area contributed by atoms with Crippen molar-refractivity contribution in [2.24, 2.45) is 0 Å². The van der Waals surface area contributed by atoms with Crippen LogP contribution in [0, 0.1) is 11.3 Å². The molecule has 5 heteroatoms. The van der Waals surface area contributed by atoms with Crippen molar-refractivity contribution in [1.29, 1.82) is 5.26 Å². The van der Waals surface area contributed by atoms with E-state index in [9.17, 15) is 4.79 Å². The third-order valence-electron chi connectivity index (χ3n) is 3.15. The summed E-state index contributed by atoms with van der Waals surface area (Å²) in [4.78, 5) is 17.1. The molecule has 1 aromatic carbocycles. The zero-order valence-electron chi connectivity index (χ0n) is 10.5. The molecule has 19 heavy (non-hydrogen) atoms. The molecule has 0 N–H and O–H groups in total. The molecule has 0 bridgehead atoms. The van der Waals surface area contributed by atoms with Crippen molar-refractivity contribution in [2.45, 2.75) is 36.2 Å². The van der Waals surface area contributed by atoms with E-state index in [4.69, 9.17) is 5.26 Å². The predicted octanol–water partition coefficient (Wildman–Crippen LogP) is 2.74. The second-order valence-electron chi connectivity index (χ2n) is 4.71. The first-order chi connectivity index (χ1) is 9.20. The number of rotatable bonds is 3. The van der Waals surface area contributed by atoms with Gasteiger partial charge in [0.25, 0.3) is 5.56 Å². The number of para-hydroxylation sites is 1. The van der Waals surface area contributed by atoms with Gasteiger partial charge in [-0.25, -0.2) is 4.98 Å². The SMILES string of the molecule is C[C@H](C#N)Sc1nc2ccccc2c(=O)n1C1CC1. The molecule has 1 aliphatic rings. The molecule has 1 saturated carbocycles. The lowest BCUT2D eigenvalue weighted by Crippen LogP contribution is -2.22. The molecular weight excluding hydrogens is 258 g/mol. The first kappa shape index (κ1) is 12.2. The van der Waals surface area contributed by atoms with Crippen molar-refractivity contribution in [2.75, 3.05) is 0 Å². The fourth-order valence-electron chi connectivity index (χ4n) is 2.05. The summed E-state index contributed by atoms with van der Waals surface area (Å²) in [6.07, 6.45) is 2.04. The highest BCUT2D eigenvalue weighted by Gasteiger charge is 2.29. The number of hydrogen-bond acceptors (Lipinski definition) is 4. The Bertz CT molecular complexity index is 728. The molecule has 0 spiro atoms. The summed E-state index contributed by atoms with van der Waals surface area (Å²) < 4.78 is 1.76. The van der Waals surface area contributed by atoms with Crippen LogP contribution >= 0.6 is 11.8 Å². The van der Waals surface area contributed by atoms with Crippen LogP contribution in [0.25, 0.3) is 10.9 Å².